The SMILES string of the molecule is Cc1nc(NC2CCN(C(=O)OCC3CCCN3)CC2)n2ncc(C(C)C)c2n1. The van der Waals surface area contributed by atoms with Gasteiger partial charge in [-0.1, -0.05) is 13.8 Å². The van der Waals surface area contributed by atoms with Crippen LogP contribution < -0.4 is 10.6 Å². The zero-order valence-electron chi connectivity index (χ0n) is 17.5. The van der Waals surface area contributed by atoms with E-state index in [0.29, 0.717) is 37.6 Å². The van der Waals surface area contributed by atoms with Crippen LogP contribution in [0.2, 0.25) is 0 Å². The van der Waals surface area contributed by atoms with Crippen LogP contribution in [0.4, 0.5) is 10.7 Å². The fraction of sp³-hybridized carbons (Fsp3) is 0.700. The Morgan fingerprint density at radius 1 is 1.31 bits per heavy atom. The van der Waals surface area contributed by atoms with Crippen molar-refractivity contribution in [2.75, 3.05) is 31.6 Å². The molecule has 0 aliphatic carbocycles. The first-order valence-electron chi connectivity index (χ1n) is 10.6. The van der Waals surface area contributed by atoms with Gasteiger partial charge in [0.05, 0.1) is 6.20 Å². The third-order valence-electron chi connectivity index (χ3n) is 5.79. The van der Waals surface area contributed by atoms with E-state index in [1.165, 1.54) is 0 Å². The van der Waals surface area contributed by atoms with Crippen LogP contribution in [0.1, 0.15) is 56.8 Å². The number of piperidine rings is 1. The van der Waals surface area contributed by atoms with Gasteiger partial charge < -0.3 is 20.3 Å². The summed E-state index contributed by atoms with van der Waals surface area (Å²) >= 11 is 0. The number of ether oxygens (including phenoxy) is 1. The zero-order valence-corrected chi connectivity index (χ0v) is 17.5. The smallest absolute Gasteiger partial charge is 0.409 e. The van der Waals surface area contributed by atoms with E-state index in [-0.39, 0.29) is 12.1 Å². The van der Waals surface area contributed by atoms with Gasteiger partial charge in [0.25, 0.3) is 0 Å². The molecule has 0 bridgehead atoms. The molecular weight excluding hydrogens is 370 g/mol. The number of aromatic nitrogens is 4. The number of carbonyl (C=O) groups excluding carboxylic acids is 1. The van der Waals surface area contributed by atoms with Gasteiger partial charge in [-0.3, -0.25) is 0 Å². The number of carbonyl (C=O) groups is 1. The first-order valence-corrected chi connectivity index (χ1v) is 10.6. The second kappa shape index (κ2) is 8.52. The third kappa shape index (κ3) is 4.44. The summed E-state index contributed by atoms with van der Waals surface area (Å²) in [6.07, 6.45) is 5.60. The lowest BCUT2D eigenvalue weighted by Gasteiger charge is -2.32. The minimum atomic E-state index is -0.203. The number of anilines is 1. The predicted molar refractivity (Wildman–Crippen MR) is 110 cm³/mol. The summed E-state index contributed by atoms with van der Waals surface area (Å²) in [6.45, 7) is 9.02. The molecule has 0 spiro atoms. The highest BCUT2D eigenvalue weighted by molar-refractivity contribution is 5.67. The molecule has 29 heavy (non-hydrogen) atoms. The van der Waals surface area contributed by atoms with Crippen molar-refractivity contribution < 1.29 is 9.53 Å². The molecule has 158 valence electrons. The summed E-state index contributed by atoms with van der Waals surface area (Å²) in [5, 5.41) is 11.4. The number of hydrogen-bond donors (Lipinski definition) is 2. The average Bonchev–Trinajstić information content (AvgIpc) is 3.36. The molecule has 2 aliphatic heterocycles. The molecule has 1 unspecified atom stereocenters. The molecule has 4 rings (SSSR count). The van der Waals surface area contributed by atoms with Crippen LogP contribution in [0.25, 0.3) is 5.65 Å². The van der Waals surface area contributed by atoms with Crippen molar-refractivity contribution >= 4 is 17.7 Å². The maximum atomic E-state index is 12.3. The van der Waals surface area contributed by atoms with Crippen molar-refractivity contribution in [2.45, 2.75) is 64.5 Å². The van der Waals surface area contributed by atoms with Crippen LogP contribution in [0.5, 0.6) is 0 Å². The largest absolute Gasteiger partial charge is 0.448 e. The van der Waals surface area contributed by atoms with E-state index < -0.39 is 0 Å². The fourth-order valence-corrected chi connectivity index (χ4v) is 4.05. The Bertz CT molecular complexity index is 852. The van der Waals surface area contributed by atoms with E-state index in [9.17, 15) is 4.79 Å². The maximum absolute atomic E-state index is 12.3. The highest BCUT2D eigenvalue weighted by Crippen LogP contribution is 2.22. The number of rotatable bonds is 5. The Morgan fingerprint density at radius 3 is 2.79 bits per heavy atom. The quantitative estimate of drug-likeness (QED) is 0.794. The fourth-order valence-electron chi connectivity index (χ4n) is 4.05. The normalized spacial score (nSPS) is 20.6. The summed E-state index contributed by atoms with van der Waals surface area (Å²) in [6, 6.07) is 0.547. The van der Waals surface area contributed by atoms with Crippen molar-refractivity contribution in [3.05, 3.63) is 17.6 Å². The predicted octanol–water partition coefficient (Wildman–Crippen LogP) is 2.32. The van der Waals surface area contributed by atoms with E-state index >= 15 is 0 Å². The summed E-state index contributed by atoms with van der Waals surface area (Å²) in [7, 11) is 0. The first kappa shape index (κ1) is 19.9. The molecule has 2 aliphatic rings. The molecule has 0 aromatic carbocycles. The lowest BCUT2D eigenvalue weighted by Crippen LogP contribution is -2.44. The molecule has 2 N–H and O–H groups in total. The van der Waals surface area contributed by atoms with Crippen molar-refractivity contribution in [3.63, 3.8) is 0 Å². The van der Waals surface area contributed by atoms with Crippen LogP contribution in [0, 0.1) is 6.92 Å². The van der Waals surface area contributed by atoms with Gasteiger partial charge in [0, 0.05) is 30.7 Å². The lowest BCUT2D eigenvalue weighted by atomic mass is 10.1. The van der Waals surface area contributed by atoms with Crippen LogP contribution in [0.15, 0.2) is 6.20 Å². The monoisotopic (exact) mass is 401 g/mol. The molecule has 2 aromatic heterocycles. The standard InChI is InChI=1S/C20H31N7O2/c1-13(2)17-11-22-27-18(17)23-14(3)24-19(27)25-15-6-9-26(10-7-15)20(28)29-12-16-5-4-8-21-16/h11,13,15-16,21H,4-10,12H2,1-3H3,(H,23,24,25). The van der Waals surface area contributed by atoms with E-state index in [1.54, 1.807) is 9.42 Å². The number of nitrogens with one attached hydrogen (secondary N) is 2. The molecule has 2 fully saturated rings. The zero-order chi connectivity index (χ0) is 20.4. The minimum absolute atomic E-state index is 0.203. The summed E-state index contributed by atoms with van der Waals surface area (Å²) in [5.41, 5.74) is 1.98. The highest BCUT2D eigenvalue weighted by atomic mass is 16.6. The first-order chi connectivity index (χ1) is 14.0. The second-order valence-corrected chi connectivity index (χ2v) is 8.36. The molecular formula is C20H31N7O2. The van der Waals surface area contributed by atoms with E-state index in [1.807, 2.05) is 13.1 Å². The van der Waals surface area contributed by atoms with Crippen molar-refractivity contribution in [2.24, 2.45) is 0 Å². The van der Waals surface area contributed by atoms with Gasteiger partial charge in [-0.2, -0.15) is 14.6 Å². The number of likely N-dealkylation sites (tertiary alicyclic amines) is 1. The van der Waals surface area contributed by atoms with Crippen LogP contribution in [-0.2, 0) is 4.74 Å². The summed E-state index contributed by atoms with van der Waals surface area (Å²) in [5.74, 6) is 1.79. The Morgan fingerprint density at radius 2 is 2.10 bits per heavy atom. The maximum Gasteiger partial charge on any atom is 0.409 e. The average molecular weight is 402 g/mol. The number of amides is 1. The van der Waals surface area contributed by atoms with Gasteiger partial charge in [0.2, 0.25) is 5.95 Å². The van der Waals surface area contributed by atoms with E-state index in [0.717, 1.165) is 49.3 Å². The van der Waals surface area contributed by atoms with Gasteiger partial charge in [-0.15, -0.1) is 0 Å². The minimum Gasteiger partial charge on any atom is -0.448 e. The van der Waals surface area contributed by atoms with Gasteiger partial charge in [-0.25, -0.2) is 9.78 Å². The second-order valence-electron chi connectivity index (χ2n) is 8.36. The summed E-state index contributed by atoms with van der Waals surface area (Å²) < 4.78 is 7.28. The number of hydrogen-bond acceptors (Lipinski definition) is 7. The Labute approximate surface area is 171 Å². The van der Waals surface area contributed by atoms with E-state index in [2.05, 4.69) is 39.5 Å². The van der Waals surface area contributed by atoms with Crippen LogP contribution in [-0.4, -0.2) is 68.9 Å². The lowest BCUT2D eigenvalue weighted by molar-refractivity contribution is 0.0871. The third-order valence-corrected chi connectivity index (χ3v) is 5.79. The molecule has 1 atom stereocenters. The molecule has 0 saturated carbocycles. The van der Waals surface area contributed by atoms with Crippen molar-refractivity contribution in [3.8, 4) is 0 Å². The van der Waals surface area contributed by atoms with Crippen molar-refractivity contribution in [1.82, 2.24) is 29.8 Å². The Kier molecular flexibility index (Phi) is 5.84. The Balaban J connectivity index is 1.34. The van der Waals surface area contributed by atoms with Gasteiger partial charge >= 0.3 is 6.09 Å². The summed E-state index contributed by atoms with van der Waals surface area (Å²) in [4.78, 5) is 23.3. The number of aryl methyl sites for hydroxylation is 1. The Hall–Kier alpha value is -2.42. The molecule has 4 heterocycles. The molecule has 9 nitrogen and oxygen atoms in total. The number of nitrogens with zero attached hydrogens (tertiary/aromatic N) is 5. The van der Waals surface area contributed by atoms with Gasteiger partial charge in [0.15, 0.2) is 5.65 Å². The molecule has 1 amide bonds. The van der Waals surface area contributed by atoms with E-state index in [4.69, 9.17) is 4.74 Å². The van der Waals surface area contributed by atoms with Gasteiger partial charge in [0.1, 0.15) is 12.4 Å². The molecule has 2 aromatic rings. The molecule has 2 saturated heterocycles. The highest BCUT2D eigenvalue weighted by Gasteiger charge is 2.26. The topological polar surface area (TPSA) is 96.7 Å². The molecule has 0 radical (unpaired) electrons. The van der Waals surface area contributed by atoms with Crippen LogP contribution >= 0.6 is 0 Å². The van der Waals surface area contributed by atoms with Crippen molar-refractivity contribution in [1.29, 1.82) is 0 Å². The molecule has 9 heteroatoms. The number of fused-ring (bicyclic) bond motifs is 1. The van der Waals surface area contributed by atoms with Gasteiger partial charge in [-0.05, 0) is 45.1 Å². The van der Waals surface area contributed by atoms with Crippen LogP contribution in [0.3, 0.4) is 0 Å².